The molecular formula is C15H20N2. The minimum absolute atomic E-state index is 0.0728. The Morgan fingerprint density at radius 1 is 1.29 bits per heavy atom. The Kier molecular flexibility index (Phi) is 3.38. The predicted molar refractivity (Wildman–Crippen MR) is 70.8 cm³/mol. The summed E-state index contributed by atoms with van der Waals surface area (Å²) in [5, 5.41) is 12.3. The van der Waals surface area contributed by atoms with Crippen LogP contribution in [0.15, 0.2) is 24.3 Å². The van der Waals surface area contributed by atoms with Gasteiger partial charge in [0.05, 0.1) is 11.5 Å². The summed E-state index contributed by atoms with van der Waals surface area (Å²) >= 11 is 0. The maximum absolute atomic E-state index is 8.99. The average molecular weight is 228 g/mol. The summed E-state index contributed by atoms with van der Waals surface area (Å²) in [7, 11) is 0. The van der Waals surface area contributed by atoms with Crippen molar-refractivity contribution in [3.05, 3.63) is 29.8 Å². The van der Waals surface area contributed by atoms with Crippen LogP contribution in [0.5, 0.6) is 0 Å². The minimum atomic E-state index is -0.0728. The van der Waals surface area contributed by atoms with Gasteiger partial charge in [-0.3, -0.25) is 0 Å². The number of hydrogen-bond acceptors (Lipinski definition) is 2. The Morgan fingerprint density at radius 3 is 2.41 bits per heavy atom. The zero-order valence-electron chi connectivity index (χ0n) is 10.7. The van der Waals surface area contributed by atoms with Gasteiger partial charge in [-0.2, -0.15) is 5.26 Å². The summed E-state index contributed by atoms with van der Waals surface area (Å²) in [6.45, 7) is 5.25. The van der Waals surface area contributed by atoms with E-state index in [0.29, 0.717) is 5.92 Å². The van der Waals surface area contributed by atoms with Crippen molar-refractivity contribution in [1.82, 2.24) is 0 Å². The minimum Gasteiger partial charge on any atom is -0.383 e. The highest BCUT2D eigenvalue weighted by atomic mass is 14.9. The number of nitrogens with zero attached hydrogens (tertiary/aromatic N) is 1. The lowest BCUT2D eigenvalue weighted by molar-refractivity contribution is 0.647. The maximum atomic E-state index is 8.99. The van der Waals surface area contributed by atoms with E-state index in [1.165, 1.54) is 5.56 Å². The van der Waals surface area contributed by atoms with Gasteiger partial charge in [-0.1, -0.05) is 26.0 Å². The van der Waals surface area contributed by atoms with E-state index in [2.05, 4.69) is 49.5 Å². The van der Waals surface area contributed by atoms with Crippen LogP contribution in [0.25, 0.3) is 0 Å². The van der Waals surface area contributed by atoms with Crippen molar-refractivity contribution in [2.45, 2.75) is 33.1 Å². The van der Waals surface area contributed by atoms with E-state index in [4.69, 9.17) is 5.26 Å². The van der Waals surface area contributed by atoms with Crippen LogP contribution in [0.1, 0.15) is 32.3 Å². The van der Waals surface area contributed by atoms with Gasteiger partial charge < -0.3 is 5.32 Å². The van der Waals surface area contributed by atoms with E-state index >= 15 is 0 Å². The standard InChI is InChI=1S/C15H20N2/c1-12(2)9-13-3-5-14(6-4-13)17-11-15(10-16)7-8-15/h3-6,12,17H,7-9,11H2,1-2H3. The quantitative estimate of drug-likeness (QED) is 0.835. The molecule has 0 heterocycles. The highest BCUT2D eigenvalue weighted by molar-refractivity contribution is 5.45. The predicted octanol–water partition coefficient (Wildman–Crippen LogP) is 3.60. The Morgan fingerprint density at radius 2 is 1.94 bits per heavy atom. The molecule has 0 saturated heterocycles. The SMILES string of the molecule is CC(C)Cc1ccc(NCC2(C#N)CC2)cc1. The van der Waals surface area contributed by atoms with Crippen molar-refractivity contribution < 1.29 is 0 Å². The summed E-state index contributed by atoms with van der Waals surface area (Å²) < 4.78 is 0. The third kappa shape index (κ3) is 3.23. The van der Waals surface area contributed by atoms with Crippen LogP contribution in [-0.4, -0.2) is 6.54 Å². The monoisotopic (exact) mass is 228 g/mol. The van der Waals surface area contributed by atoms with E-state index in [-0.39, 0.29) is 5.41 Å². The first kappa shape index (κ1) is 12.0. The third-order valence-electron chi connectivity index (χ3n) is 3.32. The zero-order valence-corrected chi connectivity index (χ0v) is 10.7. The summed E-state index contributed by atoms with van der Waals surface area (Å²) in [6, 6.07) is 11.0. The number of benzene rings is 1. The summed E-state index contributed by atoms with van der Waals surface area (Å²) in [5.74, 6) is 0.696. The van der Waals surface area contributed by atoms with Gasteiger partial charge in [-0.25, -0.2) is 0 Å². The molecule has 0 bridgehead atoms. The topological polar surface area (TPSA) is 35.8 Å². The van der Waals surface area contributed by atoms with Crippen molar-refractivity contribution in [1.29, 1.82) is 5.26 Å². The fourth-order valence-electron chi connectivity index (χ4n) is 1.98. The van der Waals surface area contributed by atoms with E-state index in [1.807, 2.05) is 0 Å². The molecular weight excluding hydrogens is 208 g/mol. The fourth-order valence-corrected chi connectivity index (χ4v) is 1.98. The van der Waals surface area contributed by atoms with Crippen LogP contribution in [0.2, 0.25) is 0 Å². The lowest BCUT2D eigenvalue weighted by Crippen LogP contribution is -2.13. The molecule has 0 aliphatic heterocycles. The van der Waals surface area contributed by atoms with Crippen molar-refractivity contribution in [2.24, 2.45) is 11.3 Å². The van der Waals surface area contributed by atoms with Gasteiger partial charge in [0.1, 0.15) is 0 Å². The van der Waals surface area contributed by atoms with Crippen LogP contribution < -0.4 is 5.32 Å². The van der Waals surface area contributed by atoms with Crippen LogP contribution in [0.4, 0.5) is 5.69 Å². The fraction of sp³-hybridized carbons (Fsp3) is 0.533. The first-order valence-electron chi connectivity index (χ1n) is 6.38. The molecule has 1 saturated carbocycles. The van der Waals surface area contributed by atoms with Gasteiger partial charge in [-0.15, -0.1) is 0 Å². The molecule has 0 spiro atoms. The molecule has 0 unspecified atom stereocenters. The second-order valence-electron chi connectivity index (χ2n) is 5.54. The molecule has 0 atom stereocenters. The van der Waals surface area contributed by atoms with Crippen molar-refractivity contribution in [2.75, 3.05) is 11.9 Å². The smallest absolute Gasteiger partial charge is 0.0747 e. The van der Waals surface area contributed by atoms with Gasteiger partial charge in [0, 0.05) is 12.2 Å². The van der Waals surface area contributed by atoms with Crippen LogP contribution in [0.3, 0.4) is 0 Å². The molecule has 90 valence electrons. The molecule has 2 rings (SSSR count). The highest BCUT2D eigenvalue weighted by Crippen LogP contribution is 2.44. The van der Waals surface area contributed by atoms with Crippen molar-refractivity contribution in [3.8, 4) is 6.07 Å². The molecule has 0 aromatic heterocycles. The van der Waals surface area contributed by atoms with E-state index in [9.17, 15) is 0 Å². The van der Waals surface area contributed by atoms with E-state index in [0.717, 1.165) is 31.5 Å². The van der Waals surface area contributed by atoms with Crippen LogP contribution in [-0.2, 0) is 6.42 Å². The summed E-state index contributed by atoms with van der Waals surface area (Å²) in [6.07, 6.45) is 3.21. The molecule has 0 radical (unpaired) electrons. The number of nitriles is 1. The lowest BCUT2D eigenvalue weighted by atomic mass is 10.0. The second-order valence-corrected chi connectivity index (χ2v) is 5.54. The highest BCUT2D eigenvalue weighted by Gasteiger charge is 2.42. The Hall–Kier alpha value is -1.49. The number of nitrogens with one attached hydrogen (secondary N) is 1. The molecule has 2 heteroatoms. The maximum Gasteiger partial charge on any atom is 0.0747 e. The Bertz CT molecular complexity index is 408. The molecule has 17 heavy (non-hydrogen) atoms. The number of anilines is 1. The first-order valence-corrected chi connectivity index (χ1v) is 6.38. The molecule has 1 aliphatic rings. The van der Waals surface area contributed by atoms with Gasteiger partial charge in [0.15, 0.2) is 0 Å². The van der Waals surface area contributed by atoms with E-state index in [1.54, 1.807) is 0 Å². The number of rotatable bonds is 5. The van der Waals surface area contributed by atoms with Gasteiger partial charge >= 0.3 is 0 Å². The molecule has 1 N–H and O–H groups in total. The Labute approximate surface area is 104 Å². The van der Waals surface area contributed by atoms with Crippen molar-refractivity contribution >= 4 is 5.69 Å². The number of hydrogen-bond donors (Lipinski definition) is 1. The van der Waals surface area contributed by atoms with E-state index < -0.39 is 0 Å². The lowest BCUT2D eigenvalue weighted by Gasteiger charge is -2.10. The van der Waals surface area contributed by atoms with Gasteiger partial charge in [0.25, 0.3) is 0 Å². The van der Waals surface area contributed by atoms with Gasteiger partial charge in [-0.05, 0) is 42.9 Å². The largest absolute Gasteiger partial charge is 0.383 e. The Balaban J connectivity index is 1.88. The summed E-state index contributed by atoms with van der Waals surface area (Å²) in [4.78, 5) is 0. The third-order valence-corrected chi connectivity index (χ3v) is 3.32. The van der Waals surface area contributed by atoms with Crippen LogP contribution >= 0.6 is 0 Å². The molecule has 1 aromatic carbocycles. The van der Waals surface area contributed by atoms with Crippen molar-refractivity contribution in [3.63, 3.8) is 0 Å². The van der Waals surface area contributed by atoms with Crippen LogP contribution in [0, 0.1) is 22.7 Å². The molecule has 1 aromatic rings. The molecule has 1 fully saturated rings. The first-order chi connectivity index (χ1) is 8.13. The summed E-state index contributed by atoms with van der Waals surface area (Å²) in [5.41, 5.74) is 2.43. The zero-order chi connectivity index (χ0) is 12.3. The molecule has 1 aliphatic carbocycles. The normalized spacial score (nSPS) is 16.6. The van der Waals surface area contributed by atoms with Gasteiger partial charge in [0.2, 0.25) is 0 Å². The molecule has 2 nitrogen and oxygen atoms in total. The average Bonchev–Trinajstić information content (AvgIpc) is 3.08. The molecule has 0 amide bonds. The second kappa shape index (κ2) is 4.79.